The lowest BCUT2D eigenvalue weighted by atomic mass is 10.1. The second kappa shape index (κ2) is 5.40. The van der Waals surface area contributed by atoms with Crippen molar-refractivity contribution in [3.8, 4) is 23.1 Å². The Morgan fingerprint density at radius 1 is 1.32 bits per heavy atom. The Morgan fingerprint density at radius 2 is 2.11 bits per heavy atom. The van der Waals surface area contributed by atoms with Crippen molar-refractivity contribution in [3.05, 3.63) is 52.3 Å². The Morgan fingerprint density at radius 3 is 2.79 bits per heavy atom. The zero-order valence-corrected chi connectivity index (χ0v) is 10.9. The van der Waals surface area contributed by atoms with Gasteiger partial charge in [-0.3, -0.25) is 4.79 Å². The number of hydrogen-bond donors (Lipinski definition) is 0. The number of methoxy groups -OCH3 is 1. The normalized spacial score (nSPS) is 9.95. The largest absolute Gasteiger partial charge is 0.497 e. The third-order valence-electron chi connectivity index (χ3n) is 3.02. The average Bonchev–Trinajstić information content (AvgIpc) is 2.44. The van der Waals surface area contributed by atoms with Gasteiger partial charge in [-0.2, -0.15) is 5.26 Å². The maximum atomic E-state index is 12.1. The predicted octanol–water partition coefficient (Wildman–Crippen LogP) is 2.13. The highest BCUT2D eigenvalue weighted by Crippen LogP contribution is 2.22. The van der Waals surface area contributed by atoms with Gasteiger partial charge in [0.15, 0.2) is 0 Å². The fraction of sp³-hybridized carbons (Fsp3) is 0.200. The summed E-state index contributed by atoms with van der Waals surface area (Å²) in [5, 5.41) is 8.67. The van der Waals surface area contributed by atoms with E-state index in [1.807, 2.05) is 36.4 Å². The van der Waals surface area contributed by atoms with Crippen LogP contribution < -0.4 is 10.3 Å². The van der Waals surface area contributed by atoms with Crippen LogP contribution in [0.4, 0.5) is 0 Å². The number of benzene rings is 1. The van der Waals surface area contributed by atoms with Gasteiger partial charge in [0.05, 0.1) is 25.3 Å². The second-order valence-corrected chi connectivity index (χ2v) is 4.17. The SMILES string of the molecule is COc1cccc(-c2ccc(CC#N)c(=O)n2C)c1. The van der Waals surface area contributed by atoms with E-state index in [9.17, 15) is 4.79 Å². The average molecular weight is 254 g/mol. The van der Waals surface area contributed by atoms with Gasteiger partial charge in [0.2, 0.25) is 0 Å². The van der Waals surface area contributed by atoms with Gasteiger partial charge in [-0.15, -0.1) is 0 Å². The standard InChI is InChI=1S/C15H14N2O2/c1-17-14(7-6-11(8-9-16)15(17)18)12-4-3-5-13(10-12)19-2/h3-7,10H,8H2,1-2H3. The number of nitrogens with zero attached hydrogens (tertiary/aromatic N) is 2. The van der Waals surface area contributed by atoms with E-state index in [1.165, 1.54) is 0 Å². The van der Waals surface area contributed by atoms with Crippen LogP contribution in [0.15, 0.2) is 41.2 Å². The molecule has 0 saturated heterocycles. The van der Waals surface area contributed by atoms with Gasteiger partial charge >= 0.3 is 0 Å². The third kappa shape index (κ3) is 2.50. The van der Waals surface area contributed by atoms with E-state index in [0.29, 0.717) is 5.56 Å². The molecule has 0 aliphatic carbocycles. The van der Waals surface area contributed by atoms with Crippen molar-refractivity contribution >= 4 is 0 Å². The molecule has 2 aromatic rings. The molecular weight excluding hydrogens is 240 g/mol. The molecule has 4 heteroatoms. The first-order valence-corrected chi connectivity index (χ1v) is 5.87. The van der Waals surface area contributed by atoms with Gasteiger partial charge in [-0.25, -0.2) is 0 Å². The summed E-state index contributed by atoms with van der Waals surface area (Å²) in [6.45, 7) is 0. The van der Waals surface area contributed by atoms with E-state index in [-0.39, 0.29) is 12.0 Å². The van der Waals surface area contributed by atoms with E-state index in [1.54, 1.807) is 24.8 Å². The molecule has 0 aliphatic heterocycles. The fourth-order valence-corrected chi connectivity index (χ4v) is 1.98. The van der Waals surface area contributed by atoms with Crippen molar-refractivity contribution in [1.82, 2.24) is 4.57 Å². The lowest BCUT2D eigenvalue weighted by molar-refractivity contribution is 0.415. The van der Waals surface area contributed by atoms with Crippen molar-refractivity contribution in [1.29, 1.82) is 5.26 Å². The number of ether oxygens (including phenoxy) is 1. The molecule has 19 heavy (non-hydrogen) atoms. The molecule has 96 valence electrons. The smallest absolute Gasteiger partial charge is 0.255 e. The Bertz CT molecular complexity index is 696. The number of hydrogen-bond acceptors (Lipinski definition) is 3. The summed E-state index contributed by atoms with van der Waals surface area (Å²) < 4.78 is 6.74. The summed E-state index contributed by atoms with van der Waals surface area (Å²) in [4.78, 5) is 12.1. The lowest BCUT2D eigenvalue weighted by Crippen LogP contribution is -2.21. The molecular formula is C15H14N2O2. The number of aromatic nitrogens is 1. The third-order valence-corrected chi connectivity index (χ3v) is 3.02. The number of nitriles is 1. The van der Waals surface area contributed by atoms with E-state index in [0.717, 1.165) is 17.0 Å². The summed E-state index contributed by atoms with van der Waals surface area (Å²) in [6, 6.07) is 13.1. The summed E-state index contributed by atoms with van der Waals surface area (Å²) in [6.07, 6.45) is 0.130. The Kier molecular flexibility index (Phi) is 3.67. The van der Waals surface area contributed by atoms with Crippen LogP contribution in [0.5, 0.6) is 5.75 Å². The van der Waals surface area contributed by atoms with Gasteiger partial charge in [0, 0.05) is 18.2 Å². The zero-order chi connectivity index (χ0) is 13.8. The Labute approximate surface area is 111 Å². The Hall–Kier alpha value is -2.54. The summed E-state index contributed by atoms with van der Waals surface area (Å²) in [5.74, 6) is 0.742. The molecule has 0 fully saturated rings. The van der Waals surface area contributed by atoms with E-state index in [4.69, 9.17) is 10.00 Å². The topological polar surface area (TPSA) is 55.0 Å². The van der Waals surface area contributed by atoms with Crippen molar-refractivity contribution < 1.29 is 4.74 Å². The molecule has 1 aromatic carbocycles. The van der Waals surface area contributed by atoms with Gasteiger partial charge < -0.3 is 9.30 Å². The molecule has 1 heterocycles. The van der Waals surface area contributed by atoms with E-state index < -0.39 is 0 Å². The van der Waals surface area contributed by atoms with Crippen molar-refractivity contribution in [2.45, 2.75) is 6.42 Å². The van der Waals surface area contributed by atoms with Crippen LogP contribution in [0.2, 0.25) is 0 Å². The van der Waals surface area contributed by atoms with Crippen molar-refractivity contribution in [3.63, 3.8) is 0 Å². The van der Waals surface area contributed by atoms with E-state index in [2.05, 4.69) is 0 Å². The van der Waals surface area contributed by atoms with Gasteiger partial charge in [0.25, 0.3) is 5.56 Å². The molecule has 0 N–H and O–H groups in total. The minimum atomic E-state index is -0.137. The van der Waals surface area contributed by atoms with Gasteiger partial charge in [-0.05, 0) is 18.2 Å². The minimum absolute atomic E-state index is 0.130. The molecule has 0 amide bonds. The monoisotopic (exact) mass is 254 g/mol. The number of rotatable bonds is 3. The number of pyridine rings is 1. The Balaban J connectivity index is 2.55. The maximum absolute atomic E-state index is 12.1. The van der Waals surface area contributed by atoms with Crippen LogP contribution in [-0.2, 0) is 13.5 Å². The molecule has 0 saturated carbocycles. The van der Waals surface area contributed by atoms with Gasteiger partial charge in [-0.1, -0.05) is 18.2 Å². The molecule has 2 rings (SSSR count). The van der Waals surface area contributed by atoms with Crippen LogP contribution in [0.1, 0.15) is 5.56 Å². The molecule has 0 atom stereocenters. The lowest BCUT2D eigenvalue weighted by Gasteiger charge is -2.10. The van der Waals surface area contributed by atoms with E-state index >= 15 is 0 Å². The van der Waals surface area contributed by atoms with Gasteiger partial charge in [0.1, 0.15) is 5.75 Å². The fourth-order valence-electron chi connectivity index (χ4n) is 1.98. The van der Waals surface area contributed by atoms with Crippen LogP contribution >= 0.6 is 0 Å². The zero-order valence-electron chi connectivity index (χ0n) is 10.9. The molecule has 0 aliphatic rings. The predicted molar refractivity (Wildman–Crippen MR) is 73.0 cm³/mol. The van der Waals surface area contributed by atoms with Crippen LogP contribution in [0.3, 0.4) is 0 Å². The maximum Gasteiger partial charge on any atom is 0.255 e. The summed E-state index contributed by atoms with van der Waals surface area (Å²) in [7, 11) is 3.31. The first kappa shape index (κ1) is 12.9. The minimum Gasteiger partial charge on any atom is -0.497 e. The van der Waals surface area contributed by atoms with Crippen molar-refractivity contribution in [2.24, 2.45) is 7.05 Å². The molecule has 0 spiro atoms. The second-order valence-electron chi connectivity index (χ2n) is 4.17. The highest BCUT2D eigenvalue weighted by Gasteiger charge is 2.08. The molecule has 1 aromatic heterocycles. The molecule has 4 nitrogen and oxygen atoms in total. The molecule has 0 bridgehead atoms. The molecule has 0 unspecified atom stereocenters. The van der Waals surface area contributed by atoms with Crippen LogP contribution in [-0.4, -0.2) is 11.7 Å². The summed E-state index contributed by atoms with van der Waals surface area (Å²) >= 11 is 0. The van der Waals surface area contributed by atoms with Crippen LogP contribution in [0, 0.1) is 11.3 Å². The first-order valence-electron chi connectivity index (χ1n) is 5.87. The summed E-state index contributed by atoms with van der Waals surface area (Å²) in [5.41, 5.74) is 2.08. The highest BCUT2D eigenvalue weighted by molar-refractivity contribution is 5.61. The van der Waals surface area contributed by atoms with Crippen molar-refractivity contribution in [2.75, 3.05) is 7.11 Å². The highest BCUT2D eigenvalue weighted by atomic mass is 16.5. The van der Waals surface area contributed by atoms with Crippen LogP contribution in [0.25, 0.3) is 11.3 Å². The molecule has 0 radical (unpaired) electrons. The quantitative estimate of drug-likeness (QED) is 0.843. The first-order chi connectivity index (χ1) is 9.17.